The Hall–Kier alpha value is -2.86. The molecule has 5 nitrogen and oxygen atoms in total. The topological polar surface area (TPSA) is 68.5 Å². The molecule has 0 aliphatic heterocycles. The molecule has 0 saturated heterocycles. The van der Waals surface area contributed by atoms with E-state index in [1.54, 1.807) is 45.0 Å². The van der Waals surface area contributed by atoms with Gasteiger partial charge in [-0.3, -0.25) is 14.2 Å². The van der Waals surface area contributed by atoms with Crippen molar-refractivity contribution in [3.8, 4) is 11.5 Å². The smallest absolute Gasteiger partial charge is 0.308 e. The minimum Gasteiger partial charge on any atom is -0.505 e. The second kappa shape index (κ2) is 7.28. The fraction of sp³-hybridized carbons (Fsp3) is 0.238. The van der Waals surface area contributed by atoms with Crippen molar-refractivity contribution < 1.29 is 23.8 Å². The maximum Gasteiger partial charge on any atom is 0.308 e. The zero-order chi connectivity index (χ0) is 20.7. The summed E-state index contributed by atoms with van der Waals surface area (Å²) in [5.74, 6) is -2.86. The molecule has 7 heteroatoms. The molecule has 1 N–H and O–H groups in total. The molecule has 3 rings (SSSR count). The maximum absolute atomic E-state index is 15.1. The zero-order valence-corrected chi connectivity index (χ0v) is 16.6. The van der Waals surface area contributed by atoms with Gasteiger partial charge in [0, 0.05) is 23.1 Å². The van der Waals surface area contributed by atoms with Crippen LogP contribution in [0.5, 0.6) is 11.5 Å². The highest BCUT2D eigenvalue weighted by Gasteiger charge is 2.28. The highest BCUT2D eigenvalue weighted by Crippen LogP contribution is 2.42. The van der Waals surface area contributed by atoms with Crippen molar-refractivity contribution in [3.63, 3.8) is 0 Å². The number of nitrogens with zero attached hydrogens (tertiary/aromatic N) is 1. The van der Waals surface area contributed by atoms with Crippen LogP contribution in [0.2, 0.25) is 5.02 Å². The number of aromatic hydroxyl groups is 1. The van der Waals surface area contributed by atoms with Gasteiger partial charge in [-0.25, -0.2) is 4.39 Å². The quantitative estimate of drug-likeness (QED) is 0.611. The van der Waals surface area contributed by atoms with Crippen molar-refractivity contribution in [1.82, 2.24) is 4.57 Å². The van der Waals surface area contributed by atoms with Crippen LogP contribution in [0.15, 0.2) is 30.3 Å². The van der Waals surface area contributed by atoms with Gasteiger partial charge < -0.3 is 9.84 Å². The number of halogens is 2. The number of phenols is 1. The average molecular weight is 404 g/mol. The van der Waals surface area contributed by atoms with Crippen molar-refractivity contribution in [2.24, 2.45) is 0 Å². The number of ether oxygens (including phenoxy) is 1. The van der Waals surface area contributed by atoms with E-state index >= 15 is 4.39 Å². The van der Waals surface area contributed by atoms with Gasteiger partial charge in [0.25, 0.3) is 5.91 Å². The van der Waals surface area contributed by atoms with Gasteiger partial charge in [0.2, 0.25) is 0 Å². The van der Waals surface area contributed by atoms with Crippen LogP contribution in [-0.4, -0.2) is 21.6 Å². The average Bonchev–Trinajstić information content (AvgIpc) is 2.88. The molecule has 0 spiro atoms. The fourth-order valence-corrected chi connectivity index (χ4v) is 3.41. The first-order valence-corrected chi connectivity index (χ1v) is 9.06. The molecule has 0 aliphatic carbocycles. The van der Waals surface area contributed by atoms with Gasteiger partial charge in [-0.15, -0.1) is 0 Å². The summed E-state index contributed by atoms with van der Waals surface area (Å²) in [4.78, 5) is 24.7. The number of rotatable bonds is 3. The normalized spacial score (nSPS) is 11.2. The van der Waals surface area contributed by atoms with E-state index in [9.17, 15) is 14.7 Å². The lowest BCUT2D eigenvalue weighted by Gasteiger charge is -2.12. The Labute approximate surface area is 166 Å². The van der Waals surface area contributed by atoms with Crippen LogP contribution >= 0.6 is 11.6 Å². The summed E-state index contributed by atoms with van der Waals surface area (Å²) in [5, 5.41) is 10.6. The summed E-state index contributed by atoms with van der Waals surface area (Å²) in [5.41, 5.74) is 1.09. The summed E-state index contributed by atoms with van der Waals surface area (Å²) in [6.45, 7) is 6.33. The van der Waals surface area contributed by atoms with Gasteiger partial charge in [-0.2, -0.15) is 0 Å². The van der Waals surface area contributed by atoms with E-state index in [1.807, 2.05) is 0 Å². The molecular weight excluding hydrogens is 385 g/mol. The second-order valence-corrected chi connectivity index (χ2v) is 7.27. The number of aromatic nitrogens is 1. The Morgan fingerprint density at radius 3 is 2.50 bits per heavy atom. The third kappa shape index (κ3) is 3.24. The Morgan fingerprint density at radius 2 is 1.93 bits per heavy atom. The molecule has 0 atom stereocenters. The number of esters is 1. The number of hydrogen-bond donors (Lipinski definition) is 1. The first-order valence-electron chi connectivity index (χ1n) is 8.68. The SMILES string of the molecule is CC(=O)Oc1c(C)n(C(=O)c2cccc(Cl)c2)c2cc(C(C)C)c(O)c(F)c12. The van der Waals surface area contributed by atoms with E-state index in [-0.39, 0.29) is 28.3 Å². The van der Waals surface area contributed by atoms with Gasteiger partial charge in [-0.1, -0.05) is 31.5 Å². The summed E-state index contributed by atoms with van der Waals surface area (Å²) in [7, 11) is 0. The van der Waals surface area contributed by atoms with Crippen LogP contribution in [0.4, 0.5) is 4.39 Å². The van der Waals surface area contributed by atoms with Crippen LogP contribution in [0.25, 0.3) is 10.9 Å². The third-order valence-corrected chi connectivity index (χ3v) is 4.76. The predicted molar refractivity (Wildman–Crippen MR) is 105 cm³/mol. The number of phenolic OH excluding ortho intramolecular Hbond substituents is 1. The van der Waals surface area contributed by atoms with Crippen LogP contribution in [0.1, 0.15) is 48.3 Å². The van der Waals surface area contributed by atoms with Crippen molar-refractivity contribution in [3.05, 3.63) is 58.0 Å². The van der Waals surface area contributed by atoms with Crippen molar-refractivity contribution in [1.29, 1.82) is 0 Å². The van der Waals surface area contributed by atoms with E-state index in [0.717, 1.165) is 0 Å². The molecule has 0 aliphatic rings. The first-order chi connectivity index (χ1) is 13.1. The van der Waals surface area contributed by atoms with E-state index in [4.69, 9.17) is 16.3 Å². The molecule has 1 heterocycles. The monoisotopic (exact) mass is 403 g/mol. The van der Waals surface area contributed by atoms with Gasteiger partial charge in [0.15, 0.2) is 17.3 Å². The number of carbonyl (C=O) groups is 2. The standard InChI is InChI=1S/C21H19ClFNO4/c1-10(2)15-9-16-17(18(23)19(15)26)20(28-12(4)25)11(3)24(16)21(27)13-6-5-7-14(22)8-13/h5-10,26H,1-4H3. The third-order valence-electron chi connectivity index (χ3n) is 4.52. The molecule has 1 aromatic heterocycles. The minimum atomic E-state index is -0.932. The zero-order valence-electron chi connectivity index (χ0n) is 15.8. The summed E-state index contributed by atoms with van der Waals surface area (Å²) < 4.78 is 21.5. The summed E-state index contributed by atoms with van der Waals surface area (Å²) >= 11 is 6.00. The van der Waals surface area contributed by atoms with Crippen LogP contribution in [0, 0.1) is 12.7 Å². The molecule has 0 unspecified atom stereocenters. The molecule has 0 amide bonds. The lowest BCUT2D eigenvalue weighted by Crippen LogP contribution is -2.14. The van der Waals surface area contributed by atoms with Crippen molar-refractivity contribution >= 4 is 34.4 Å². The van der Waals surface area contributed by atoms with E-state index in [0.29, 0.717) is 16.1 Å². The highest BCUT2D eigenvalue weighted by atomic mass is 35.5. The Bertz CT molecular complexity index is 1120. The molecule has 0 bridgehead atoms. The minimum absolute atomic E-state index is 0.0963. The van der Waals surface area contributed by atoms with Crippen LogP contribution < -0.4 is 4.74 Å². The Balaban J connectivity index is 2.40. The predicted octanol–water partition coefficient (Wildman–Crippen LogP) is 5.19. The molecule has 146 valence electrons. The lowest BCUT2D eigenvalue weighted by atomic mass is 10.00. The molecule has 0 fully saturated rings. The van der Waals surface area contributed by atoms with Gasteiger partial charge >= 0.3 is 5.97 Å². The highest BCUT2D eigenvalue weighted by molar-refractivity contribution is 6.31. The Kier molecular flexibility index (Phi) is 5.17. The van der Waals surface area contributed by atoms with E-state index in [1.165, 1.54) is 17.6 Å². The summed E-state index contributed by atoms with van der Waals surface area (Å²) in [6.07, 6.45) is 0. The number of fused-ring (bicyclic) bond motifs is 1. The Morgan fingerprint density at radius 1 is 1.25 bits per heavy atom. The summed E-state index contributed by atoms with van der Waals surface area (Å²) in [6, 6.07) is 7.90. The molecule has 2 aromatic carbocycles. The van der Waals surface area contributed by atoms with Gasteiger partial charge in [-0.05, 0) is 37.1 Å². The van der Waals surface area contributed by atoms with Gasteiger partial charge in [0.05, 0.1) is 16.6 Å². The fourth-order valence-electron chi connectivity index (χ4n) is 3.22. The molecular formula is C21H19ClFNO4. The van der Waals surface area contributed by atoms with Crippen molar-refractivity contribution in [2.75, 3.05) is 0 Å². The molecule has 0 radical (unpaired) electrons. The van der Waals surface area contributed by atoms with E-state index < -0.39 is 23.4 Å². The largest absolute Gasteiger partial charge is 0.505 e. The molecule has 0 saturated carbocycles. The lowest BCUT2D eigenvalue weighted by molar-refractivity contribution is -0.131. The molecule has 28 heavy (non-hydrogen) atoms. The van der Waals surface area contributed by atoms with Crippen LogP contribution in [-0.2, 0) is 4.79 Å². The number of benzene rings is 2. The first kappa shape index (κ1) is 19.9. The van der Waals surface area contributed by atoms with E-state index in [2.05, 4.69) is 0 Å². The molecule has 3 aromatic rings. The number of hydrogen-bond acceptors (Lipinski definition) is 4. The van der Waals surface area contributed by atoms with Crippen molar-refractivity contribution in [2.45, 2.75) is 33.6 Å². The maximum atomic E-state index is 15.1. The van der Waals surface area contributed by atoms with Gasteiger partial charge in [0.1, 0.15) is 0 Å². The van der Waals surface area contributed by atoms with Crippen LogP contribution in [0.3, 0.4) is 0 Å². The second-order valence-electron chi connectivity index (χ2n) is 6.84. The number of carbonyl (C=O) groups excluding carboxylic acids is 2.